The highest BCUT2D eigenvalue weighted by Gasteiger charge is 2.22. The van der Waals surface area contributed by atoms with E-state index in [1.165, 1.54) is 5.56 Å². The van der Waals surface area contributed by atoms with E-state index in [4.69, 9.17) is 18.9 Å². The van der Waals surface area contributed by atoms with Crippen LogP contribution in [0.2, 0.25) is 0 Å². The van der Waals surface area contributed by atoms with E-state index in [1.807, 2.05) is 19.1 Å². The number of carbonyl (C=O) groups excluding carboxylic acids is 1. The highest BCUT2D eigenvalue weighted by molar-refractivity contribution is 5.76. The summed E-state index contributed by atoms with van der Waals surface area (Å²) in [7, 11) is 0. The molecule has 2 atom stereocenters. The fraction of sp³-hybridized carbons (Fsp3) is 0.650. The van der Waals surface area contributed by atoms with Gasteiger partial charge in [-0.15, -0.1) is 0 Å². The largest absolute Gasteiger partial charge is 0.454 e. The molecule has 3 rings (SSSR count). The topological polar surface area (TPSA) is 69.3 Å². The number of hydrogen-bond acceptors (Lipinski definition) is 6. The third-order valence-corrected chi connectivity index (χ3v) is 5.06. The second kappa shape index (κ2) is 9.39. The average molecular weight is 378 g/mol. The summed E-state index contributed by atoms with van der Waals surface area (Å²) in [5, 5.41) is 3.08. The fourth-order valence-electron chi connectivity index (χ4n) is 3.51. The van der Waals surface area contributed by atoms with Crippen LogP contribution in [-0.4, -0.2) is 62.3 Å². The third kappa shape index (κ3) is 5.34. The molecule has 1 saturated heterocycles. The van der Waals surface area contributed by atoms with E-state index in [2.05, 4.69) is 30.1 Å². The van der Waals surface area contributed by atoms with Gasteiger partial charge in [-0.1, -0.05) is 13.0 Å². The second-order valence-electron chi connectivity index (χ2n) is 7.09. The molecule has 150 valence electrons. The molecule has 0 radical (unpaired) electrons. The molecule has 1 fully saturated rings. The van der Waals surface area contributed by atoms with Crippen LogP contribution in [0, 0.1) is 0 Å². The van der Waals surface area contributed by atoms with E-state index < -0.39 is 0 Å². The molecule has 2 aliphatic rings. The lowest BCUT2D eigenvalue weighted by Gasteiger charge is -2.34. The van der Waals surface area contributed by atoms with Gasteiger partial charge in [0.05, 0.1) is 32.4 Å². The van der Waals surface area contributed by atoms with Gasteiger partial charge >= 0.3 is 0 Å². The maximum absolute atomic E-state index is 12.2. The highest BCUT2D eigenvalue weighted by Crippen LogP contribution is 2.33. The van der Waals surface area contributed by atoms with Crippen molar-refractivity contribution in [2.45, 2.75) is 51.9 Å². The summed E-state index contributed by atoms with van der Waals surface area (Å²) in [5.74, 6) is 1.62. The van der Waals surface area contributed by atoms with Crippen LogP contribution in [0.5, 0.6) is 11.5 Å². The zero-order valence-electron chi connectivity index (χ0n) is 16.4. The zero-order valence-corrected chi connectivity index (χ0v) is 16.4. The molecule has 7 heteroatoms. The smallest absolute Gasteiger partial charge is 0.231 e. The minimum Gasteiger partial charge on any atom is -0.454 e. The Balaban J connectivity index is 1.46. The van der Waals surface area contributed by atoms with Crippen molar-refractivity contribution in [2.24, 2.45) is 0 Å². The van der Waals surface area contributed by atoms with Crippen LogP contribution in [0.3, 0.4) is 0 Å². The van der Waals surface area contributed by atoms with Gasteiger partial charge in [-0.05, 0) is 44.5 Å². The van der Waals surface area contributed by atoms with Gasteiger partial charge in [0.15, 0.2) is 11.5 Å². The van der Waals surface area contributed by atoms with E-state index in [-0.39, 0.29) is 31.0 Å². The standard InChI is InChI=1S/C20H30N2O5/c1-4-22(15(3)21-20(23)7-8-25-17-11-24-12-17)14(2)9-16-5-6-18-19(10-16)27-13-26-18/h5-6,10,14-15,17H,4,7-9,11-13H2,1-3H3,(H,21,23). The lowest BCUT2D eigenvalue weighted by atomic mass is 10.0. The van der Waals surface area contributed by atoms with Crippen LogP contribution in [-0.2, 0) is 20.7 Å². The molecular formula is C20H30N2O5. The van der Waals surface area contributed by atoms with Crippen molar-refractivity contribution >= 4 is 5.91 Å². The summed E-state index contributed by atoms with van der Waals surface area (Å²) in [6, 6.07) is 6.34. The predicted molar refractivity (Wildman–Crippen MR) is 101 cm³/mol. The van der Waals surface area contributed by atoms with Gasteiger partial charge in [0.25, 0.3) is 0 Å². The third-order valence-electron chi connectivity index (χ3n) is 5.06. The van der Waals surface area contributed by atoms with E-state index in [9.17, 15) is 4.79 Å². The number of fused-ring (bicyclic) bond motifs is 1. The van der Waals surface area contributed by atoms with Gasteiger partial charge in [0.1, 0.15) is 6.10 Å². The Bertz CT molecular complexity index is 635. The Hall–Kier alpha value is -1.83. The monoisotopic (exact) mass is 378 g/mol. The molecule has 0 saturated carbocycles. The van der Waals surface area contributed by atoms with Gasteiger partial charge in [0, 0.05) is 6.04 Å². The quantitative estimate of drug-likeness (QED) is 0.628. The average Bonchev–Trinajstić information content (AvgIpc) is 3.05. The number of hydrogen-bond donors (Lipinski definition) is 1. The molecule has 2 unspecified atom stereocenters. The van der Waals surface area contributed by atoms with Crippen LogP contribution in [0.15, 0.2) is 18.2 Å². The Labute approximate surface area is 160 Å². The second-order valence-corrected chi connectivity index (χ2v) is 7.09. The number of nitrogens with one attached hydrogen (secondary N) is 1. The first-order valence-corrected chi connectivity index (χ1v) is 9.69. The number of nitrogens with zero attached hydrogens (tertiary/aromatic N) is 1. The fourth-order valence-corrected chi connectivity index (χ4v) is 3.51. The van der Waals surface area contributed by atoms with Gasteiger partial charge in [0.2, 0.25) is 12.7 Å². The van der Waals surface area contributed by atoms with E-state index >= 15 is 0 Å². The molecule has 0 aromatic heterocycles. The Kier molecular flexibility index (Phi) is 6.93. The number of amides is 1. The maximum Gasteiger partial charge on any atom is 0.231 e. The SMILES string of the molecule is CCN(C(C)Cc1ccc2c(c1)OCO2)C(C)NC(=O)CCOC1COC1. The van der Waals surface area contributed by atoms with Crippen LogP contribution < -0.4 is 14.8 Å². The molecule has 27 heavy (non-hydrogen) atoms. The summed E-state index contributed by atoms with van der Waals surface area (Å²) < 4.78 is 21.4. The minimum atomic E-state index is -0.0430. The molecule has 1 aromatic carbocycles. The maximum atomic E-state index is 12.2. The number of likely N-dealkylation sites (N-methyl/N-ethyl adjacent to an activating group) is 1. The molecule has 2 aliphatic heterocycles. The van der Waals surface area contributed by atoms with Crippen molar-refractivity contribution in [1.82, 2.24) is 10.2 Å². The minimum absolute atomic E-state index is 0.0106. The van der Waals surface area contributed by atoms with Crippen molar-refractivity contribution < 1.29 is 23.7 Å². The predicted octanol–water partition coefficient (Wildman–Crippen LogP) is 1.94. The molecule has 1 N–H and O–H groups in total. The molecule has 0 bridgehead atoms. The Morgan fingerprint density at radius 1 is 1.30 bits per heavy atom. The first-order valence-electron chi connectivity index (χ1n) is 9.69. The Morgan fingerprint density at radius 2 is 2.07 bits per heavy atom. The van der Waals surface area contributed by atoms with E-state index in [0.29, 0.717) is 26.2 Å². The van der Waals surface area contributed by atoms with Gasteiger partial charge in [-0.25, -0.2) is 0 Å². The molecular weight excluding hydrogens is 348 g/mol. The van der Waals surface area contributed by atoms with Crippen LogP contribution >= 0.6 is 0 Å². The summed E-state index contributed by atoms with van der Waals surface area (Å²) in [6.07, 6.45) is 1.35. The Morgan fingerprint density at radius 3 is 2.78 bits per heavy atom. The molecule has 0 spiro atoms. The normalized spacial score (nSPS) is 18.2. The summed E-state index contributed by atoms with van der Waals surface area (Å²) in [6.45, 7) is 9.16. The molecule has 1 aromatic rings. The summed E-state index contributed by atoms with van der Waals surface area (Å²) >= 11 is 0. The van der Waals surface area contributed by atoms with Crippen LogP contribution in [0.4, 0.5) is 0 Å². The number of benzene rings is 1. The first-order chi connectivity index (χ1) is 13.1. The van der Waals surface area contributed by atoms with Gasteiger partial charge in [-0.2, -0.15) is 0 Å². The van der Waals surface area contributed by atoms with Crippen molar-refractivity contribution in [3.05, 3.63) is 23.8 Å². The number of rotatable bonds is 10. The van der Waals surface area contributed by atoms with Crippen molar-refractivity contribution in [2.75, 3.05) is 33.2 Å². The van der Waals surface area contributed by atoms with Crippen molar-refractivity contribution in [3.63, 3.8) is 0 Å². The molecule has 7 nitrogen and oxygen atoms in total. The lowest BCUT2D eigenvalue weighted by molar-refractivity contribution is -0.138. The lowest BCUT2D eigenvalue weighted by Crippen LogP contribution is -2.50. The van der Waals surface area contributed by atoms with Gasteiger partial charge in [-0.3, -0.25) is 9.69 Å². The number of ether oxygens (including phenoxy) is 4. The first kappa shape index (κ1) is 19.9. The van der Waals surface area contributed by atoms with E-state index in [1.54, 1.807) is 0 Å². The highest BCUT2D eigenvalue weighted by atomic mass is 16.7. The van der Waals surface area contributed by atoms with Crippen LogP contribution in [0.25, 0.3) is 0 Å². The van der Waals surface area contributed by atoms with Crippen LogP contribution in [0.1, 0.15) is 32.8 Å². The summed E-state index contributed by atoms with van der Waals surface area (Å²) in [5.41, 5.74) is 1.19. The molecule has 2 heterocycles. The molecule has 0 aliphatic carbocycles. The van der Waals surface area contributed by atoms with E-state index in [0.717, 1.165) is 24.5 Å². The number of carbonyl (C=O) groups is 1. The van der Waals surface area contributed by atoms with Gasteiger partial charge < -0.3 is 24.3 Å². The zero-order chi connectivity index (χ0) is 19.2. The molecule has 1 amide bonds. The summed E-state index contributed by atoms with van der Waals surface area (Å²) in [4.78, 5) is 14.5. The van der Waals surface area contributed by atoms with Crippen molar-refractivity contribution in [1.29, 1.82) is 0 Å². The van der Waals surface area contributed by atoms with Crippen molar-refractivity contribution in [3.8, 4) is 11.5 Å².